The molecule has 1 heterocycles. The lowest BCUT2D eigenvalue weighted by Gasteiger charge is -2.05. The molecule has 2 aromatic rings. The van der Waals surface area contributed by atoms with E-state index in [1.165, 1.54) is 6.21 Å². The third kappa shape index (κ3) is 2.95. The molecule has 1 aromatic heterocycles. The summed E-state index contributed by atoms with van der Waals surface area (Å²) in [5.41, 5.74) is 8.24. The first-order valence-electron chi connectivity index (χ1n) is 5.82. The summed E-state index contributed by atoms with van der Waals surface area (Å²) in [7, 11) is 1.80. The van der Waals surface area contributed by atoms with Crippen LogP contribution in [0.15, 0.2) is 42.7 Å². The molecule has 0 aliphatic heterocycles. The van der Waals surface area contributed by atoms with E-state index in [4.69, 9.17) is 11.1 Å². The van der Waals surface area contributed by atoms with Crippen LogP contribution in [-0.2, 0) is 0 Å². The summed E-state index contributed by atoms with van der Waals surface area (Å²) in [5.74, 6) is 1.02. The van der Waals surface area contributed by atoms with Gasteiger partial charge in [-0.3, -0.25) is 0 Å². The van der Waals surface area contributed by atoms with Crippen molar-refractivity contribution in [3.05, 3.63) is 48.3 Å². The third-order valence-corrected chi connectivity index (χ3v) is 2.59. The average Bonchev–Trinajstić information content (AvgIpc) is 2.45. The lowest BCUT2D eigenvalue weighted by molar-refractivity contribution is 1.11. The largest absolute Gasteiger partial charge is 0.393 e. The molecule has 0 atom stereocenters. The van der Waals surface area contributed by atoms with Crippen LogP contribution in [0.5, 0.6) is 0 Å². The number of hydrogen-bond acceptors (Lipinski definition) is 5. The molecule has 5 nitrogen and oxygen atoms in total. The number of anilines is 1. The van der Waals surface area contributed by atoms with Crippen LogP contribution in [0, 0.1) is 5.41 Å². The summed E-state index contributed by atoms with van der Waals surface area (Å²) in [6.45, 7) is 0. The number of nitrogen functional groups attached to an aromatic ring is 1. The highest BCUT2D eigenvalue weighted by Crippen LogP contribution is 2.20. The zero-order valence-corrected chi connectivity index (χ0v) is 10.6. The Morgan fingerprint density at radius 1 is 1.37 bits per heavy atom. The Morgan fingerprint density at radius 2 is 2.21 bits per heavy atom. The van der Waals surface area contributed by atoms with Crippen molar-refractivity contribution in [2.45, 2.75) is 0 Å². The van der Waals surface area contributed by atoms with E-state index in [1.54, 1.807) is 25.5 Å². The molecule has 5 heteroatoms. The molecule has 0 spiro atoms. The van der Waals surface area contributed by atoms with E-state index in [-0.39, 0.29) is 0 Å². The van der Waals surface area contributed by atoms with Crippen molar-refractivity contribution in [2.24, 2.45) is 0 Å². The number of nitrogens with zero attached hydrogens (tertiary/aromatic N) is 2. The van der Waals surface area contributed by atoms with E-state index in [9.17, 15) is 0 Å². The van der Waals surface area contributed by atoms with Crippen molar-refractivity contribution in [3.63, 3.8) is 0 Å². The maximum atomic E-state index is 7.43. The van der Waals surface area contributed by atoms with Crippen molar-refractivity contribution in [2.75, 3.05) is 12.8 Å². The highest BCUT2D eigenvalue weighted by molar-refractivity contribution is 6.08. The second-order valence-electron chi connectivity index (χ2n) is 3.92. The number of nitrogens with two attached hydrogens (primary N) is 1. The molecule has 0 bridgehead atoms. The quantitative estimate of drug-likeness (QED) is 0.726. The maximum absolute atomic E-state index is 7.43. The normalized spacial score (nSPS) is 11.1. The molecule has 0 aliphatic carbocycles. The second-order valence-corrected chi connectivity index (χ2v) is 3.92. The van der Waals surface area contributed by atoms with E-state index < -0.39 is 0 Å². The van der Waals surface area contributed by atoms with Crippen molar-refractivity contribution < 1.29 is 0 Å². The predicted octanol–water partition coefficient (Wildman–Crippen LogP) is 1.94. The number of nitrogens with one attached hydrogen (secondary N) is 2. The molecular formula is C14H15N5. The van der Waals surface area contributed by atoms with Crippen LogP contribution in [0.3, 0.4) is 0 Å². The van der Waals surface area contributed by atoms with Crippen LogP contribution in [0.2, 0.25) is 0 Å². The summed E-state index contributed by atoms with van der Waals surface area (Å²) >= 11 is 0. The van der Waals surface area contributed by atoms with E-state index >= 15 is 0 Å². The molecule has 0 aliphatic rings. The topological polar surface area (TPSA) is 87.7 Å². The maximum Gasteiger partial charge on any atom is 0.161 e. The van der Waals surface area contributed by atoms with Gasteiger partial charge in [0.15, 0.2) is 5.82 Å². The fourth-order valence-corrected chi connectivity index (χ4v) is 1.71. The van der Waals surface area contributed by atoms with Crippen molar-refractivity contribution >= 4 is 17.6 Å². The Labute approximate surface area is 111 Å². The minimum absolute atomic E-state index is 0.438. The SMILES string of the molecule is CN/C=C(\C=N)c1cccc(-c2nccc(N)n2)c1. The number of hydrogen-bond donors (Lipinski definition) is 3. The molecule has 0 saturated heterocycles. The summed E-state index contributed by atoms with van der Waals surface area (Å²) in [4.78, 5) is 8.39. The molecule has 19 heavy (non-hydrogen) atoms. The predicted molar refractivity (Wildman–Crippen MR) is 77.7 cm³/mol. The van der Waals surface area contributed by atoms with Crippen LogP contribution in [0.25, 0.3) is 17.0 Å². The highest BCUT2D eigenvalue weighted by Gasteiger charge is 2.04. The lowest BCUT2D eigenvalue weighted by Crippen LogP contribution is -1.98. The van der Waals surface area contributed by atoms with E-state index in [2.05, 4.69) is 15.3 Å². The van der Waals surface area contributed by atoms with Gasteiger partial charge in [-0.1, -0.05) is 18.2 Å². The van der Waals surface area contributed by atoms with Crippen molar-refractivity contribution in [1.29, 1.82) is 5.41 Å². The van der Waals surface area contributed by atoms with E-state index in [0.29, 0.717) is 11.6 Å². The minimum atomic E-state index is 0.438. The third-order valence-electron chi connectivity index (χ3n) is 2.59. The Kier molecular flexibility index (Phi) is 3.87. The molecule has 1 aromatic carbocycles. The van der Waals surface area contributed by atoms with Crippen LogP contribution in [0.1, 0.15) is 5.56 Å². The zero-order valence-electron chi connectivity index (χ0n) is 10.6. The standard InChI is InChI=1S/C14H15N5/c1-17-9-12(8-15)10-3-2-4-11(7-10)14-18-6-5-13(16)19-14/h2-9,15,17H,1H3,(H2,16,18,19)/b12-9+,15-8?. The molecule has 0 fully saturated rings. The van der Waals surface area contributed by atoms with E-state index in [1.807, 2.05) is 24.3 Å². The average molecular weight is 253 g/mol. The van der Waals surface area contributed by atoms with Gasteiger partial charge in [0.1, 0.15) is 5.82 Å². The monoisotopic (exact) mass is 253 g/mol. The molecule has 0 amide bonds. The number of allylic oxidation sites excluding steroid dienone is 1. The highest BCUT2D eigenvalue weighted by atomic mass is 14.9. The van der Waals surface area contributed by atoms with Gasteiger partial charge in [-0.15, -0.1) is 0 Å². The molecule has 0 radical (unpaired) electrons. The van der Waals surface area contributed by atoms with Gasteiger partial charge in [-0.05, 0) is 17.7 Å². The molecule has 0 unspecified atom stereocenters. The lowest BCUT2D eigenvalue weighted by atomic mass is 10.0. The Bertz CT molecular complexity index is 619. The first-order valence-corrected chi connectivity index (χ1v) is 5.82. The molecule has 2 rings (SSSR count). The van der Waals surface area contributed by atoms with Gasteiger partial charge in [0.2, 0.25) is 0 Å². The Balaban J connectivity index is 2.45. The number of benzene rings is 1. The molecule has 4 N–H and O–H groups in total. The van der Waals surface area contributed by atoms with Crippen LogP contribution in [0.4, 0.5) is 5.82 Å². The Hall–Kier alpha value is -2.69. The van der Waals surface area contributed by atoms with Gasteiger partial charge in [-0.2, -0.15) is 0 Å². The molecule has 0 saturated carbocycles. The number of rotatable bonds is 4. The van der Waals surface area contributed by atoms with Crippen LogP contribution in [-0.4, -0.2) is 23.2 Å². The summed E-state index contributed by atoms with van der Waals surface area (Å²) in [6.07, 6.45) is 4.70. The van der Waals surface area contributed by atoms with E-state index in [0.717, 1.165) is 16.7 Å². The minimum Gasteiger partial charge on any atom is -0.393 e. The van der Waals surface area contributed by atoms with Gasteiger partial charge in [0.25, 0.3) is 0 Å². The summed E-state index contributed by atoms with van der Waals surface area (Å²) < 4.78 is 0. The van der Waals surface area contributed by atoms with Crippen LogP contribution >= 0.6 is 0 Å². The molecule has 96 valence electrons. The molecular weight excluding hydrogens is 238 g/mol. The van der Waals surface area contributed by atoms with Gasteiger partial charge in [0.05, 0.1) is 0 Å². The van der Waals surface area contributed by atoms with Gasteiger partial charge in [-0.25, -0.2) is 9.97 Å². The van der Waals surface area contributed by atoms with Gasteiger partial charge in [0, 0.05) is 36.8 Å². The van der Waals surface area contributed by atoms with Crippen molar-refractivity contribution in [3.8, 4) is 11.4 Å². The zero-order chi connectivity index (χ0) is 13.7. The van der Waals surface area contributed by atoms with Crippen LogP contribution < -0.4 is 11.1 Å². The first-order chi connectivity index (χ1) is 9.24. The fourth-order valence-electron chi connectivity index (χ4n) is 1.71. The van der Waals surface area contributed by atoms with Gasteiger partial charge >= 0.3 is 0 Å². The first kappa shape index (κ1) is 12.8. The van der Waals surface area contributed by atoms with Crippen molar-refractivity contribution in [1.82, 2.24) is 15.3 Å². The smallest absolute Gasteiger partial charge is 0.161 e. The fraction of sp³-hybridized carbons (Fsp3) is 0.0714. The summed E-state index contributed by atoms with van der Waals surface area (Å²) in [5, 5.41) is 10.3. The number of aromatic nitrogens is 2. The Morgan fingerprint density at radius 3 is 2.89 bits per heavy atom. The van der Waals surface area contributed by atoms with Gasteiger partial charge < -0.3 is 16.5 Å². The summed E-state index contributed by atoms with van der Waals surface area (Å²) in [6, 6.07) is 9.34. The second kappa shape index (κ2) is 5.77.